The van der Waals surface area contributed by atoms with E-state index in [9.17, 15) is 13.2 Å². The summed E-state index contributed by atoms with van der Waals surface area (Å²) in [5.74, 6) is -0.857. The summed E-state index contributed by atoms with van der Waals surface area (Å²) in [6, 6.07) is 1.21. The summed E-state index contributed by atoms with van der Waals surface area (Å²) in [6.45, 7) is 5.90. The molecule has 1 rings (SSSR count). The molecule has 18 heavy (non-hydrogen) atoms. The average molecular weight is 291 g/mol. The Labute approximate surface area is 111 Å². The number of nitrogens with one attached hydrogen (secondary N) is 1. The van der Waals surface area contributed by atoms with Crippen LogP contribution in [0.15, 0.2) is 11.0 Å². The fourth-order valence-electron chi connectivity index (χ4n) is 1.31. The highest BCUT2D eigenvalue weighted by atomic mass is 32.2. The number of sulfonamides is 1. The van der Waals surface area contributed by atoms with Gasteiger partial charge >= 0.3 is 5.97 Å². The van der Waals surface area contributed by atoms with E-state index < -0.39 is 16.0 Å². The van der Waals surface area contributed by atoms with Crippen LogP contribution in [0.25, 0.3) is 0 Å². The van der Waals surface area contributed by atoms with E-state index >= 15 is 0 Å². The highest BCUT2D eigenvalue weighted by Crippen LogP contribution is 2.25. The summed E-state index contributed by atoms with van der Waals surface area (Å²) in [7, 11) is -3.61. The molecule has 1 aromatic rings. The van der Waals surface area contributed by atoms with Crippen molar-refractivity contribution in [2.75, 3.05) is 6.54 Å². The van der Waals surface area contributed by atoms with Crippen LogP contribution in [0.5, 0.6) is 0 Å². The summed E-state index contributed by atoms with van der Waals surface area (Å²) in [5, 5.41) is 8.84. The Kier molecular flexibility index (Phi) is 4.89. The highest BCUT2D eigenvalue weighted by molar-refractivity contribution is 7.89. The predicted molar refractivity (Wildman–Crippen MR) is 70.7 cm³/mol. The molecule has 0 aliphatic carbocycles. The molecule has 5 nitrogen and oxygen atoms in total. The van der Waals surface area contributed by atoms with E-state index in [4.69, 9.17) is 5.11 Å². The van der Waals surface area contributed by atoms with Crippen LogP contribution in [0.4, 0.5) is 0 Å². The lowest BCUT2D eigenvalue weighted by Gasteiger charge is -2.10. The van der Waals surface area contributed by atoms with Crippen molar-refractivity contribution in [2.45, 2.75) is 32.1 Å². The maximum atomic E-state index is 12.0. The van der Waals surface area contributed by atoms with Gasteiger partial charge in [-0.25, -0.2) is 17.9 Å². The number of carboxylic acid groups (broad SMARTS) is 1. The number of carbonyl (C=O) groups is 1. The first-order valence-corrected chi connectivity index (χ1v) is 7.91. The summed E-state index contributed by atoms with van der Waals surface area (Å²) >= 11 is 0.971. The van der Waals surface area contributed by atoms with Gasteiger partial charge < -0.3 is 5.11 Å². The summed E-state index contributed by atoms with van der Waals surface area (Å²) in [4.78, 5) is 11.4. The van der Waals surface area contributed by atoms with Gasteiger partial charge in [-0.2, -0.15) is 0 Å². The lowest BCUT2D eigenvalue weighted by Crippen LogP contribution is -2.28. The monoisotopic (exact) mass is 291 g/mol. The molecule has 0 radical (unpaired) electrons. The SMILES string of the molecule is CCC(C)CNS(=O)(=O)c1cc(C(=O)O)sc1C. The van der Waals surface area contributed by atoms with Crippen molar-refractivity contribution in [1.29, 1.82) is 0 Å². The smallest absolute Gasteiger partial charge is 0.345 e. The number of thiophene rings is 1. The third kappa shape index (κ3) is 3.54. The number of carboxylic acids is 1. The Morgan fingerprint density at radius 2 is 2.17 bits per heavy atom. The van der Waals surface area contributed by atoms with Crippen LogP contribution in [0.3, 0.4) is 0 Å². The molecule has 0 aromatic carbocycles. The van der Waals surface area contributed by atoms with Crippen molar-refractivity contribution in [3.05, 3.63) is 15.8 Å². The standard InChI is InChI=1S/C11H17NO4S2/c1-4-7(2)6-12-18(15,16)10-5-9(11(13)14)17-8(10)3/h5,7,12H,4,6H2,1-3H3,(H,13,14). The second-order valence-corrected chi connectivity index (χ2v) is 7.19. The Morgan fingerprint density at radius 1 is 1.56 bits per heavy atom. The first kappa shape index (κ1) is 15.1. The molecule has 1 heterocycles. The van der Waals surface area contributed by atoms with Gasteiger partial charge in [-0.1, -0.05) is 20.3 Å². The number of hydrogen-bond acceptors (Lipinski definition) is 4. The van der Waals surface area contributed by atoms with Gasteiger partial charge in [0.15, 0.2) is 0 Å². The van der Waals surface area contributed by atoms with Crippen LogP contribution < -0.4 is 4.72 Å². The average Bonchev–Trinajstić information content (AvgIpc) is 2.69. The molecule has 2 N–H and O–H groups in total. The minimum Gasteiger partial charge on any atom is -0.477 e. The van der Waals surface area contributed by atoms with Crippen molar-refractivity contribution < 1.29 is 18.3 Å². The topological polar surface area (TPSA) is 83.5 Å². The van der Waals surface area contributed by atoms with Crippen molar-refractivity contribution in [3.63, 3.8) is 0 Å². The zero-order valence-corrected chi connectivity index (χ0v) is 12.2. The lowest BCUT2D eigenvalue weighted by atomic mass is 10.1. The first-order valence-electron chi connectivity index (χ1n) is 5.61. The van der Waals surface area contributed by atoms with Gasteiger partial charge in [-0.15, -0.1) is 11.3 Å². The number of hydrogen-bond donors (Lipinski definition) is 2. The van der Waals surface area contributed by atoms with Crippen molar-refractivity contribution >= 4 is 27.3 Å². The van der Waals surface area contributed by atoms with Gasteiger partial charge in [0, 0.05) is 11.4 Å². The molecule has 0 spiro atoms. The highest BCUT2D eigenvalue weighted by Gasteiger charge is 2.22. The molecule has 0 fully saturated rings. The molecule has 1 unspecified atom stereocenters. The van der Waals surface area contributed by atoms with Gasteiger partial charge in [-0.05, 0) is 18.9 Å². The van der Waals surface area contributed by atoms with E-state index in [1.54, 1.807) is 6.92 Å². The fraction of sp³-hybridized carbons (Fsp3) is 0.545. The molecule has 1 atom stereocenters. The lowest BCUT2D eigenvalue weighted by molar-refractivity contribution is 0.0702. The van der Waals surface area contributed by atoms with Crippen LogP contribution in [0.1, 0.15) is 34.8 Å². The van der Waals surface area contributed by atoms with Gasteiger partial charge in [0.2, 0.25) is 10.0 Å². The van der Waals surface area contributed by atoms with Crippen LogP contribution in [-0.2, 0) is 10.0 Å². The minimum atomic E-state index is -3.61. The van der Waals surface area contributed by atoms with Gasteiger partial charge in [-0.3, -0.25) is 0 Å². The molecule has 0 amide bonds. The summed E-state index contributed by atoms with van der Waals surface area (Å²) < 4.78 is 26.5. The predicted octanol–water partition coefficient (Wildman–Crippen LogP) is 2.08. The van der Waals surface area contributed by atoms with E-state index in [1.165, 1.54) is 6.07 Å². The van der Waals surface area contributed by atoms with Gasteiger partial charge in [0.25, 0.3) is 0 Å². The maximum absolute atomic E-state index is 12.0. The largest absolute Gasteiger partial charge is 0.477 e. The van der Waals surface area contributed by atoms with E-state index in [-0.39, 0.29) is 15.7 Å². The number of aryl methyl sites for hydroxylation is 1. The third-order valence-electron chi connectivity index (χ3n) is 2.69. The van der Waals surface area contributed by atoms with Crippen molar-refractivity contribution in [2.24, 2.45) is 5.92 Å². The zero-order valence-electron chi connectivity index (χ0n) is 10.6. The van der Waals surface area contributed by atoms with Crippen LogP contribution in [0, 0.1) is 12.8 Å². The van der Waals surface area contributed by atoms with E-state index in [0.29, 0.717) is 11.4 Å². The Bertz CT molecular complexity index is 533. The molecule has 0 saturated carbocycles. The normalized spacial score (nSPS) is 13.5. The van der Waals surface area contributed by atoms with Crippen LogP contribution >= 0.6 is 11.3 Å². The number of rotatable bonds is 6. The van der Waals surface area contributed by atoms with Gasteiger partial charge in [0.05, 0.1) is 4.90 Å². The quantitative estimate of drug-likeness (QED) is 0.840. The zero-order chi connectivity index (χ0) is 13.9. The summed E-state index contributed by atoms with van der Waals surface area (Å²) in [5.41, 5.74) is 0. The Balaban J connectivity index is 2.95. The molecule has 7 heteroatoms. The molecule has 0 aliphatic heterocycles. The molecule has 102 valence electrons. The summed E-state index contributed by atoms with van der Waals surface area (Å²) in [6.07, 6.45) is 0.880. The molecular weight excluding hydrogens is 274 g/mol. The van der Waals surface area contributed by atoms with E-state index in [0.717, 1.165) is 17.8 Å². The molecule has 0 saturated heterocycles. The third-order valence-corrected chi connectivity index (χ3v) is 5.41. The van der Waals surface area contributed by atoms with Crippen molar-refractivity contribution in [3.8, 4) is 0 Å². The minimum absolute atomic E-state index is 0.0383. The second kappa shape index (κ2) is 5.81. The Hall–Kier alpha value is -0.920. The number of aromatic carboxylic acids is 1. The van der Waals surface area contributed by atoms with E-state index in [2.05, 4.69) is 4.72 Å². The molecular formula is C11H17NO4S2. The maximum Gasteiger partial charge on any atom is 0.345 e. The van der Waals surface area contributed by atoms with Crippen LogP contribution in [0.2, 0.25) is 0 Å². The molecule has 1 aromatic heterocycles. The van der Waals surface area contributed by atoms with E-state index in [1.807, 2.05) is 13.8 Å². The molecule has 0 bridgehead atoms. The fourth-order valence-corrected chi connectivity index (χ4v) is 3.90. The molecule has 0 aliphatic rings. The first-order chi connectivity index (χ1) is 8.27. The van der Waals surface area contributed by atoms with Crippen LogP contribution in [-0.4, -0.2) is 26.0 Å². The van der Waals surface area contributed by atoms with Gasteiger partial charge in [0.1, 0.15) is 4.88 Å². The van der Waals surface area contributed by atoms with Crippen molar-refractivity contribution in [1.82, 2.24) is 4.72 Å². The Morgan fingerprint density at radius 3 is 2.61 bits per heavy atom. The second-order valence-electron chi connectivity index (χ2n) is 4.20.